The van der Waals surface area contributed by atoms with E-state index in [4.69, 9.17) is 4.55 Å². The van der Waals surface area contributed by atoms with Crippen molar-refractivity contribution in [3.8, 4) is 0 Å². The smallest absolute Gasteiger partial charge is 0.267 e. The summed E-state index contributed by atoms with van der Waals surface area (Å²) in [7, 11) is -3.94. The molecule has 0 spiro atoms. The molecule has 0 aromatic rings. The van der Waals surface area contributed by atoms with Crippen LogP contribution in [-0.2, 0) is 10.1 Å². The monoisotopic (exact) mass is 350 g/mol. The molecule has 0 heterocycles. The van der Waals surface area contributed by atoms with Crippen LogP contribution in [0.15, 0.2) is 0 Å². The number of aliphatic hydroxyl groups is 1. The molecule has 0 aromatic carbocycles. The maximum absolute atomic E-state index is 11.2. The summed E-state index contributed by atoms with van der Waals surface area (Å²) in [5, 5.41) is 9.29. The van der Waals surface area contributed by atoms with Gasteiger partial charge in [-0.15, -0.1) is 0 Å². The molecule has 0 fully saturated rings. The molecule has 0 aliphatic carbocycles. The standard InChI is InChI=1S/C18H38O4S/c1-3-5-6-7-8-9-10-11-14-17(19)15-12-16-18(13-4-2)23(20,21)22/h17-19H,3-16H2,1-2H3,(H,20,21,22). The van der Waals surface area contributed by atoms with E-state index in [0.717, 1.165) is 19.3 Å². The minimum absolute atomic E-state index is 0.334. The van der Waals surface area contributed by atoms with Crippen LogP contribution in [0.25, 0.3) is 0 Å². The molecular formula is C18H38O4S. The molecule has 140 valence electrons. The number of hydrogen-bond donors (Lipinski definition) is 2. The van der Waals surface area contributed by atoms with E-state index in [1.165, 1.54) is 44.9 Å². The molecule has 0 aromatic heterocycles. The van der Waals surface area contributed by atoms with Gasteiger partial charge in [-0.3, -0.25) is 4.55 Å². The van der Waals surface area contributed by atoms with E-state index in [9.17, 15) is 13.5 Å². The second-order valence-corrected chi connectivity index (χ2v) is 8.47. The van der Waals surface area contributed by atoms with Crippen LogP contribution < -0.4 is 0 Å². The fourth-order valence-corrected chi connectivity index (χ4v) is 4.00. The van der Waals surface area contributed by atoms with Crippen molar-refractivity contribution in [3.05, 3.63) is 0 Å². The second-order valence-electron chi connectivity index (χ2n) is 6.77. The molecule has 2 N–H and O–H groups in total. The Morgan fingerprint density at radius 3 is 1.74 bits per heavy atom. The molecule has 0 amide bonds. The van der Waals surface area contributed by atoms with Gasteiger partial charge in [0.05, 0.1) is 11.4 Å². The molecular weight excluding hydrogens is 312 g/mol. The van der Waals surface area contributed by atoms with Crippen LogP contribution >= 0.6 is 0 Å². The lowest BCUT2D eigenvalue weighted by Gasteiger charge is -2.14. The van der Waals surface area contributed by atoms with Crippen molar-refractivity contribution < 1.29 is 18.1 Å². The van der Waals surface area contributed by atoms with Gasteiger partial charge in [-0.05, 0) is 32.1 Å². The Morgan fingerprint density at radius 1 is 0.696 bits per heavy atom. The minimum atomic E-state index is -3.94. The normalized spacial score (nSPS) is 14.8. The van der Waals surface area contributed by atoms with Gasteiger partial charge in [0.25, 0.3) is 10.1 Å². The summed E-state index contributed by atoms with van der Waals surface area (Å²) in [6, 6.07) is 0. The van der Waals surface area contributed by atoms with E-state index in [1.54, 1.807) is 0 Å². The third-order valence-corrected chi connectivity index (χ3v) is 5.80. The zero-order valence-electron chi connectivity index (χ0n) is 15.2. The summed E-state index contributed by atoms with van der Waals surface area (Å²) in [4.78, 5) is 0. The maximum Gasteiger partial charge on any atom is 0.267 e. The fourth-order valence-electron chi connectivity index (χ4n) is 3.00. The van der Waals surface area contributed by atoms with Gasteiger partial charge in [0.15, 0.2) is 0 Å². The molecule has 4 nitrogen and oxygen atoms in total. The Hall–Kier alpha value is -0.130. The number of hydrogen-bond acceptors (Lipinski definition) is 3. The van der Waals surface area contributed by atoms with Crippen molar-refractivity contribution in [2.75, 3.05) is 0 Å². The zero-order chi connectivity index (χ0) is 17.6. The van der Waals surface area contributed by atoms with Crippen molar-refractivity contribution in [1.29, 1.82) is 0 Å². The SMILES string of the molecule is CCCCCCCCCCC(O)CCCC(CCC)S(=O)(=O)O. The fraction of sp³-hybridized carbons (Fsp3) is 1.00. The van der Waals surface area contributed by atoms with Gasteiger partial charge in [0.1, 0.15) is 0 Å². The average molecular weight is 351 g/mol. The Balaban J connectivity index is 3.61. The Morgan fingerprint density at radius 2 is 1.22 bits per heavy atom. The van der Waals surface area contributed by atoms with Crippen LogP contribution in [0.3, 0.4) is 0 Å². The lowest BCUT2D eigenvalue weighted by atomic mass is 10.0. The summed E-state index contributed by atoms with van der Waals surface area (Å²) < 4.78 is 31.6. The highest BCUT2D eigenvalue weighted by Gasteiger charge is 2.21. The average Bonchev–Trinajstić information content (AvgIpc) is 2.48. The first-order valence-electron chi connectivity index (χ1n) is 9.56. The Bertz CT molecular complexity index is 354. The van der Waals surface area contributed by atoms with E-state index in [0.29, 0.717) is 25.7 Å². The maximum atomic E-state index is 11.2. The lowest BCUT2D eigenvalue weighted by molar-refractivity contribution is 0.147. The van der Waals surface area contributed by atoms with Gasteiger partial charge < -0.3 is 5.11 Å². The first kappa shape index (κ1) is 22.9. The van der Waals surface area contributed by atoms with Crippen LogP contribution in [0, 0.1) is 0 Å². The largest absolute Gasteiger partial charge is 0.393 e. The second kappa shape index (κ2) is 14.2. The molecule has 0 aliphatic heterocycles. The first-order valence-corrected chi connectivity index (χ1v) is 11.1. The lowest BCUT2D eigenvalue weighted by Crippen LogP contribution is -2.21. The molecule has 23 heavy (non-hydrogen) atoms. The van der Waals surface area contributed by atoms with E-state index >= 15 is 0 Å². The summed E-state index contributed by atoms with van der Waals surface area (Å²) in [6.45, 7) is 4.14. The van der Waals surface area contributed by atoms with E-state index in [2.05, 4.69) is 6.92 Å². The van der Waals surface area contributed by atoms with Gasteiger partial charge in [-0.2, -0.15) is 8.42 Å². The van der Waals surface area contributed by atoms with E-state index < -0.39 is 15.4 Å². The topological polar surface area (TPSA) is 74.6 Å². The van der Waals surface area contributed by atoms with Crippen molar-refractivity contribution in [3.63, 3.8) is 0 Å². The molecule has 0 saturated heterocycles. The predicted octanol–water partition coefficient (Wildman–Crippen LogP) is 5.10. The van der Waals surface area contributed by atoms with Crippen molar-refractivity contribution >= 4 is 10.1 Å². The van der Waals surface area contributed by atoms with Gasteiger partial charge in [-0.25, -0.2) is 0 Å². The molecule has 2 unspecified atom stereocenters. The molecule has 5 heteroatoms. The van der Waals surface area contributed by atoms with E-state index in [1.807, 2.05) is 6.92 Å². The van der Waals surface area contributed by atoms with Crippen LogP contribution in [0.5, 0.6) is 0 Å². The van der Waals surface area contributed by atoms with Gasteiger partial charge in [0, 0.05) is 0 Å². The third kappa shape index (κ3) is 14.0. The molecule has 0 aliphatic rings. The van der Waals surface area contributed by atoms with Crippen molar-refractivity contribution in [1.82, 2.24) is 0 Å². The van der Waals surface area contributed by atoms with Crippen LogP contribution in [0.2, 0.25) is 0 Å². The van der Waals surface area contributed by atoms with Gasteiger partial charge >= 0.3 is 0 Å². The highest BCUT2D eigenvalue weighted by atomic mass is 32.2. The highest BCUT2D eigenvalue weighted by molar-refractivity contribution is 7.86. The predicted molar refractivity (Wildman–Crippen MR) is 97.3 cm³/mol. The zero-order valence-corrected chi connectivity index (χ0v) is 16.0. The van der Waals surface area contributed by atoms with Gasteiger partial charge in [0.2, 0.25) is 0 Å². The Kier molecular flexibility index (Phi) is 14.2. The summed E-state index contributed by atoms with van der Waals surface area (Å²) >= 11 is 0. The first-order chi connectivity index (χ1) is 10.9. The third-order valence-electron chi connectivity index (χ3n) is 4.49. The summed E-state index contributed by atoms with van der Waals surface area (Å²) in [6.07, 6.45) is 13.5. The van der Waals surface area contributed by atoms with E-state index in [-0.39, 0.29) is 6.10 Å². The molecule has 0 saturated carbocycles. The van der Waals surface area contributed by atoms with Crippen molar-refractivity contribution in [2.24, 2.45) is 0 Å². The molecule has 2 atom stereocenters. The molecule has 0 bridgehead atoms. The number of unbranched alkanes of at least 4 members (excludes halogenated alkanes) is 7. The quantitative estimate of drug-likeness (QED) is 0.300. The summed E-state index contributed by atoms with van der Waals surface area (Å²) in [5.41, 5.74) is 0. The highest BCUT2D eigenvalue weighted by Crippen LogP contribution is 2.18. The van der Waals surface area contributed by atoms with Crippen LogP contribution in [0.1, 0.15) is 104 Å². The van der Waals surface area contributed by atoms with Crippen LogP contribution in [0.4, 0.5) is 0 Å². The molecule has 0 rings (SSSR count). The Labute approximate surface area is 143 Å². The van der Waals surface area contributed by atoms with Crippen molar-refractivity contribution in [2.45, 2.75) is 115 Å². The summed E-state index contributed by atoms with van der Waals surface area (Å²) in [5.74, 6) is 0. The number of aliphatic hydroxyl groups excluding tert-OH is 1. The minimum Gasteiger partial charge on any atom is -0.393 e. The van der Waals surface area contributed by atoms with Crippen LogP contribution in [-0.4, -0.2) is 29.4 Å². The molecule has 0 radical (unpaired) electrons. The number of rotatable bonds is 16. The van der Waals surface area contributed by atoms with Gasteiger partial charge in [-0.1, -0.05) is 71.6 Å².